The summed E-state index contributed by atoms with van der Waals surface area (Å²) in [4.78, 5) is 41.1. The number of unbranched alkanes of at least 4 members (excludes halogenated alkanes) is 9. The number of alkyl carbamates (subject to hydrolysis) is 1. The number of amides is 3. The number of hydrogen-bond donors (Lipinski definition) is 1. The molecule has 0 bridgehead atoms. The molecular weight excluding hydrogens is 610 g/mol. The Morgan fingerprint density at radius 2 is 1.31 bits per heavy atom. The van der Waals surface area contributed by atoms with E-state index in [4.69, 9.17) is 18.9 Å². The predicted molar refractivity (Wildman–Crippen MR) is 188 cm³/mol. The zero-order valence-electron chi connectivity index (χ0n) is 29.2. The first-order chi connectivity index (χ1) is 23.5. The quantitative estimate of drug-likeness (QED) is 0.132. The monoisotopic (exact) mass is 667 g/mol. The van der Waals surface area contributed by atoms with Crippen LogP contribution in [0.2, 0.25) is 0 Å². The largest absolute Gasteiger partial charge is 0.457 e. The highest BCUT2D eigenvalue weighted by Crippen LogP contribution is 2.24. The van der Waals surface area contributed by atoms with Gasteiger partial charge in [0.15, 0.2) is 0 Å². The lowest BCUT2D eigenvalue weighted by Crippen LogP contribution is -2.43. The van der Waals surface area contributed by atoms with Gasteiger partial charge in [0.05, 0.1) is 6.61 Å². The molecule has 0 aliphatic carbocycles. The Balaban J connectivity index is 1.20. The van der Waals surface area contributed by atoms with E-state index in [1.165, 1.54) is 25.7 Å². The van der Waals surface area contributed by atoms with E-state index in [2.05, 4.69) is 19.2 Å². The molecule has 1 aliphatic rings. The van der Waals surface area contributed by atoms with Crippen LogP contribution in [0, 0.1) is 0 Å². The van der Waals surface area contributed by atoms with E-state index in [1.54, 1.807) is 29.2 Å². The first kappa shape index (κ1) is 38.5. The molecule has 2 aromatic rings. The minimum absolute atomic E-state index is 0.185. The van der Waals surface area contributed by atoms with Crippen LogP contribution in [0.3, 0.4) is 0 Å². The van der Waals surface area contributed by atoms with E-state index in [0.29, 0.717) is 50.6 Å². The van der Waals surface area contributed by atoms with Crippen molar-refractivity contribution in [1.82, 2.24) is 15.1 Å². The zero-order valence-corrected chi connectivity index (χ0v) is 29.2. The Bertz CT molecular complexity index is 1160. The molecule has 3 rings (SSSR count). The van der Waals surface area contributed by atoms with Crippen molar-refractivity contribution < 1.29 is 33.3 Å². The summed E-state index contributed by atoms with van der Waals surface area (Å²) in [5, 5.41) is 2.83. The number of piperidine rings is 1. The van der Waals surface area contributed by atoms with E-state index < -0.39 is 12.2 Å². The molecule has 2 aromatic carbocycles. The Kier molecular flexibility index (Phi) is 18.8. The maximum atomic E-state index is 12.6. The molecule has 0 aromatic heterocycles. The van der Waals surface area contributed by atoms with Gasteiger partial charge in [-0.3, -0.25) is 0 Å². The fourth-order valence-electron chi connectivity index (χ4n) is 5.49. The van der Waals surface area contributed by atoms with Crippen molar-refractivity contribution in [2.45, 2.75) is 110 Å². The summed E-state index contributed by atoms with van der Waals surface area (Å²) < 4.78 is 22.5. The van der Waals surface area contributed by atoms with Gasteiger partial charge in [-0.1, -0.05) is 77.0 Å². The highest BCUT2D eigenvalue weighted by atomic mass is 16.6. The summed E-state index contributed by atoms with van der Waals surface area (Å²) in [7, 11) is 0. The lowest BCUT2D eigenvalue weighted by Gasteiger charge is -2.30. The number of ether oxygens (including phenoxy) is 4. The molecule has 10 nitrogen and oxygen atoms in total. The molecule has 1 saturated heterocycles. The van der Waals surface area contributed by atoms with Crippen LogP contribution >= 0.6 is 0 Å². The van der Waals surface area contributed by atoms with E-state index in [1.807, 2.05) is 35.2 Å². The van der Waals surface area contributed by atoms with Crippen LogP contribution in [-0.2, 0) is 9.47 Å². The third-order valence-corrected chi connectivity index (χ3v) is 8.37. The van der Waals surface area contributed by atoms with Crippen molar-refractivity contribution in [3.05, 3.63) is 54.6 Å². The Morgan fingerprint density at radius 3 is 1.96 bits per heavy atom. The number of carbonyl (C=O) groups excluding carboxylic acids is 3. The van der Waals surface area contributed by atoms with Gasteiger partial charge < -0.3 is 34.1 Å². The zero-order chi connectivity index (χ0) is 34.2. The van der Waals surface area contributed by atoms with Gasteiger partial charge in [-0.05, 0) is 68.5 Å². The van der Waals surface area contributed by atoms with Gasteiger partial charge >= 0.3 is 18.3 Å². The lowest BCUT2D eigenvalue weighted by atomic mass is 10.1. The molecule has 266 valence electrons. The fraction of sp³-hybridized carbons (Fsp3) is 0.605. The van der Waals surface area contributed by atoms with Crippen molar-refractivity contribution in [3.8, 4) is 17.2 Å². The van der Waals surface area contributed by atoms with Gasteiger partial charge in [-0.2, -0.15) is 0 Å². The average molecular weight is 668 g/mol. The average Bonchev–Trinajstić information content (AvgIpc) is 3.10. The van der Waals surface area contributed by atoms with Crippen molar-refractivity contribution in [2.24, 2.45) is 0 Å². The Labute approximate surface area is 287 Å². The second-order valence-electron chi connectivity index (χ2n) is 12.4. The predicted octanol–water partition coefficient (Wildman–Crippen LogP) is 9.33. The summed E-state index contributed by atoms with van der Waals surface area (Å²) in [6.45, 7) is 7.80. The van der Waals surface area contributed by atoms with Crippen LogP contribution in [-0.4, -0.2) is 73.5 Å². The molecule has 3 amide bonds. The second-order valence-corrected chi connectivity index (χ2v) is 12.4. The van der Waals surface area contributed by atoms with Crippen LogP contribution in [0.5, 0.6) is 17.2 Å². The summed E-state index contributed by atoms with van der Waals surface area (Å²) >= 11 is 0. The van der Waals surface area contributed by atoms with Crippen LogP contribution in [0.4, 0.5) is 14.4 Å². The van der Waals surface area contributed by atoms with Crippen molar-refractivity contribution >= 4 is 18.3 Å². The summed E-state index contributed by atoms with van der Waals surface area (Å²) in [6, 6.07) is 16.4. The minimum atomic E-state index is -0.430. The Morgan fingerprint density at radius 1 is 0.729 bits per heavy atom. The van der Waals surface area contributed by atoms with Gasteiger partial charge in [0.1, 0.15) is 23.4 Å². The van der Waals surface area contributed by atoms with E-state index >= 15 is 0 Å². The number of nitrogens with zero attached hydrogens (tertiary/aromatic N) is 2. The van der Waals surface area contributed by atoms with Crippen LogP contribution in [0.15, 0.2) is 54.6 Å². The van der Waals surface area contributed by atoms with E-state index in [9.17, 15) is 14.4 Å². The summed E-state index contributed by atoms with van der Waals surface area (Å²) in [5.41, 5.74) is 0. The molecular formula is C38H57N3O7. The number of likely N-dealkylation sites (tertiary alicyclic amines) is 1. The van der Waals surface area contributed by atoms with Crippen molar-refractivity contribution in [3.63, 3.8) is 0 Å². The smallest absolute Gasteiger partial charge is 0.415 e. The molecule has 0 unspecified atom stereocenters. The number of hydrogen-bond acceptors (Lipinski definition) is 7. The van der Waals surface area contributed by atoms with Crippen LogP contribution in [0.25, 0.3) is 0 Å². The molecule has 0 radical (unpaired) electrons. The third-order valence-electron chi connectivity index (χ3n) is 8.37. The fourth-order valence-corrected chi connectivity index (χ4v) is 5.49. The normalized spacial score (nSPS) is 13.1. The first-order valence-electron chi connectivity index (χ1n) is 18.1. The van der Waals surface area contributed by atoms with Gasteiger partial charge in [-0.25, -0.2) is 14.4 Å². The molecule has 48 heavy (non-hydrogen) atoms. The van der Waals surface area contributed by atoms with Gasteiger partial charge in [-0.15, -0.1) is 0 Å². The number of benzene rings is 2. The molecule has 0 spiro atoms. The molecule has 1 N–H and O–H groups in total. The molecule has 0 atom stereocenters. The highest BCUT2D eigenvalue weighted by Gasteiger charge is 2.26. The second kappa shape index (κ2) is 23.4. The molecule has 1 fully saturated rings. The van der Waals surface area contributed by atoms with Crippen molar-refractivity contribution in [1.29, 1.82) is 0 Å². The van der Waals surface area contributed by atoms with E-state index in [0.717, 1.165) is 70.2 Å². The number of nitrogens with one attached hydrogen (secondary N) is 1. The maximum absolute atomic E-state index is 12.6. The topological polar surface area (TPSA) is 107 Å². The molecule has 1 aliphatic heterocycles. The number of carbonyl (C=O) groups is 3. The van der Waals surface area contributed by atoms with Gasteiger partial charge in [0.2, 0.25) is 0 Å². The molecule has 0 saturated carbocycles. The standard InChI is InChI=1S/C38H57N3O7/c1-3-5-7-15-27-40(28-16-8-6-4-2)37(43)45-31-17-10-9-14-26-39-36(42)47-35-24-29-41(30-25-35)38(44)48-34-22-20-33(21-23-34)46-32-18-12-11-13-19-32/h11-13,18-23,35H,3-10,14-17,24-31H2,1-2H3,(H,39,42). The summed E-state index contributed by atoms with van der Waals surface area (Å²) in [5.74, 6) is 1.82. The number of rotatable bonds is 21. The van der Waals surface area contributed by atoms with Gasteiger partial charge in [0.25, 0.3) is 0 Å². The lowest BCUT2D eigenvalue weighted by molar-refractivity contribution is 0.0524. The highest BCUT2D eigenvalue weighted by molar-refractivity contribution is 5.71. The number of para-hydroxylation sites is 1. The van der Waals surface area contributed by atoms with Crippen LogP contribution in [0.1, 0.15) is 104 Å². The summed E-state index contributed by atoms with van der Waals surface area (Å²) in [6.07, 6.45) is 12.5. The Hall–Kier alpha value is -3.95. The van der Waals surface area contributed by atoms with E-state index in [-0.39, 0.29) is 12.2 Å². The maximum Gasteiger partial charge on any atom is 0.415 e. The van der Waals surface area contributed by atoms with Crippen LogP contribution < -0.4 is 14.8 Å². The SMILES string of the molecule is CCCCCCN(CCCCCC)C(=O)OCCCCCCNC(=O)OC1CCN(C(=O)Oc2ccc(Oc3ccccc3)cc2)CC1. The minimum Gasteiger partial charge on any atom is -0.457 e. The third kappa shape index (κ3) is 15.8. The van der Waals surface area contributed by atoms with Gasteiger partial charge in [0, 0.05) is 45.6 Å². The molecule has 10 heteroatoms. The first-order valence-corrected chi connectivity index (χ1v) is 18.1. The molecule has 1 heterocycles. The van der Waals surface area contributed by atoms with Crippen molar-refractivity contribution in [2.75, 3.05) is 39.3 Å².